The fourth-order valence-electron chi connectivity index (χ4n) is 3.70. The van der Waals surface area contributed by atoms with Crippen molar-refractivity contribution in [2.45, 2.75) is 46.1 Å². The van der Waals surface area contributed by atoms with Gasteiger partial charge in [-0.25, -0.2) is 9.97 Å². The molecular formula is C21H26N4S. The van der Waals surface area contributed by atoms with Gasteiger partial charge in [-0.1, -0.05) is 25.1 Å². The average molecular weight is 367 g/mol. The highest BCUT2D eigenvalue weighted by molar-refractivity contribution is 7.19. The third-order valence-corrected chi connectivity index (χ3v) is 6.60. The first kappa shape index (κ1) is 17.4. The zero-order chi connectivity index (χ0) is 18.1. The number of aryl methyl sites for hydroxylation is 3. The number of nitrogens with zero attached hydrogens (tertiary/aromatic N) is 2. The van der Waals surface area contributed by atoms with Crippen LogP contribution in [0.3, 0.4) is 0 Å². The lowest BCUT2D eigenvalue weighted by molar-refractivity contribution is 0.478. The number of aromatic nitrogens is 2. The van der Waals surface area contributed by atoms with Crippen molar-refractivity contribution in [3.63, 3.8) is 0 Å². The highest BCUT2D eigenvalue weighted by Crippen LogP contribution is 2.41. The van der Waals surface area contributed by atoms with Crippen LogP contribution in [0.5, 0.6) is 0 Å². The number of anilines is 1. The summed E-state index contributed by atoms with van der Waals surface area (Å²) in [6.07, 6.45) is 4.98. The smallest absolute Gasteiger partial charge is 0.139 e. The van der Waals surface area contributed by atoms with Crippen molar-refractivity contribution >= 4 is 27.4 Å². The topological polar surface area (TPSA) is 49.8 Å². The molecule has 4 nitrogen and oxygen atoms in total. The van der Waals surface area contributed by atoms with Crippen LogP contribution in [0.2, 0.25) is 0 Å². The molecule has 1 aromatic carbocycles. The van der Waals surface area contributed by atoms with Crippen molar-refractivity contribution in [3.05, 3.63) is 40.5 Å². The van der Waals surface area contributed by atoms with E-state index < -0.39 is 0 Å². The summed E-state index contributed by atoms with van der Waals surface area (Å²) >= 11 is 1.80. The van der Waals surface area contributed by atoms with Crippen molar-refractivity contribution in [2.24, 2.45) is 0 Å². The van der Waals surface area contributed by atoms with Gasteiger partial charge in [-0.3, -0.25) is 0 Å². The first-order valence-corrected chi connectivity index (χ1v) is 10.3. The van der Waals surface area contributed by atoms with Crippen LogP contribution >= 0.6 is 11.3 Å². The molecule has 0 saturated carbocycles. The van der Waals surface area contributed by atoms with Gasteiger partial charge in [-0.05, 0) is 62.9 Å². The summed E-state index contributed by atoms with van der Waals surface area (Å²) in [5.74, 6) is 0.992. The lowest BCUT2D eigenvalue weighted by atomic mass is 9.98. The summed E-state index contributed by atoms with van der Waals surface area (Å²) in [7, 11) is 0. The fourth-order valence-corrected chi connectivity index (χ4v) is 4.80. The first-order valence-electron chi connectivity index (χ1n) is 9.48. The zero-order valence-corrected chi connectivity index (χ0v) is 16.5. The minimum Gasteiger partial charge on any atom is -0.367 e. The Balaban J connectivity index is 1.85. The van der Waals surface area contributed by atoms with Gasteiger partial charge < -0.3 is 10.6 Å². The molecule has 4 rings (SSSR count). The van der Waals surface area contributed by atoms with E-state index >= 15 is 0 Å². The predicted molar refractivity (Wildman–Crippen MR) is 111 cm³/mol. The highest BCUT2D eigenvalue weighted by Gasteiger charge is 2.21. The maximum atomic E-state index is 4.64. The summed E-state index contributed by atoms with van der Waals surface area (Å²) in [6, 6.07) is 7.24. The molecule has 0 amide bonds. The number of nitrogens with one attached hydrogen (secondary N) is 2. The van der Waals surface area contributed by atoms with Crippen LogP contribution in [0.4, 0.5) is 5.82 Å². The number of rotatable bonds is 4. The molecule has 0 aliphatic carbocycles. The molecular weight excluding hydrogens is 340 g/mol. The van der Waals surface area contributed by atoms with Crippen molar-refractivity contribution in [1.82, 2.24) is 15.3 Å². The number of hydrogen-bond acceptors (Lipinski definition) is 5. The Labute approximate surface area is 159 Å². The minimum atomic E-state index is 0.479. The molecule has 26 heavy (non-hydrogen) atoms. The lowest BCUT2D eigenvalue weighted by Crippen LogP contribution is -2.35. The number of hydrogen-bond donors (Lipinski definition) is 2. The van der Waals surface area contributed by atoms with E-state index in [1.165, 1.54) is 32.5 Å². The second-order valence-corrected chi connectivity index (χ2v) is 8.21. The van der Waals surface area contributed by atoms with Gasteiger partial charge in [0.05, 0.1) is 5.39 Å². The summed E-state index contributed by atoms with van der Waals surface area (Å²) in [4.78, 5) is 11.7. The Bertz CT molecular complexity index is 925. The second kappa shape index (κ2) is 7.33. The van der Waals surface area contributed by atoms with Gasteiger partial charge in [0.2, 0.25) is 0 Å². The third kappa shape index (κ3) is 3.21. The lowest BCUT2D eigenvalue weighted by Gasteiger charge is -2.24. The van der Waals surface area contributed by atoms with Crippen LogP contribution in [0.1, 0.15) is 35.8 Å². The molecule has 3 aromatic rings. The Kier molecular flexibility index (Phi) is 4.92. The fraction of sp³-hybridized carbons (Fsp3) is 0.429. The zero-order valence-electron chi connectivity index (χ0n) is 15.7. The maximum absolute atomic E-state index is 4.64. The Morgan fingerprint density at radius 1 is 1.15 bits per heavy atom. The van der Waals surface area contributed by atoms with Crippen LogP contribution in [0.15, 0.2) is 24.5 Å². The molecule has 1 saturated heterocycles. The van der Waals surface area contributed by atoms with Gasteiger partial charge in [0.1, 0.15) is 17.0 Å². The van der Waals surface area contributed by atoms with E-state index in [2.05, 4.69) is 59.6 Å². The Morgan fingerprint density at radius 3 is 2.69 bits per heavy atom. The molecule has 1 aliphatic heterocycles. The number of fused-ring (bicyclic) bond motifs is 1. The molecule has 0 radical (unpaired) electrons. The van der Waals surface area contributed by atoms with E-state index in [4.69, 9.17) is 0 Å². The van der Waals surface area contributed by atoms with Crippen molar-refractivity contribution < 1.29 is 0 Å². The summed E-state index contributed by atoms with van der Waals surface area (Å²) in [5.41, 5.74) is 5.25. The van der Waals surface area contributed by atoms with Gasteiger partial charge in [-0.2, -0.15) is 0 Å². The van der Waals surface area contributed by atoms with E-state index in [9.17, 15) is 0 Å². The first-order chi connectivity index (χ1) is 12.7. The molecule has 2 aromatic heterocycles. The van der Waals surface area contributed by atoms with E-state index in [0.717, 1.165) is 43.0 Å². The second-order valence-electron chi connectivity index (χ2n) is 7.12. The van der Waals surface area contributed by atoms with E-state index in [1.807, 2.05) is 0 Å². The van der Waals surface area contributed by atoms with Crippen LogP contribution in [0, 0.1) is 13.8 Å². The van der Waals surface area contributed by atoms with Gasteiger partial charge in [0.25, 0.3) is 0 Å². The van der Waals surface area contributed by atoms with Crippen LogP contribution < -0.4 is 10.6 Å². The van der Waals surface area contributed by atoms with Gasteiger partial charge >= 0.3 is 0 Å². The van der Waals surface area contributed by atoms with E-state index in [1.54, 1.807) is 17.7 Å². The normalized spacial score (nSPS) is 15.5. The molecule has 3 heterocycles. The van der Waals surface area contributed by atoms with Gasteiger partial charge in [0, 0.05) is 16.5 Å². The quantitative estimate of drug-likeness (QED) is 0.703. The molecule has 1 aliphatic rings. The molecule has 0 bridgehead atoms. The summed E-state index contributed by atoms with van der Waals surface area (Å²) in [6.45, 7) is 8.71. The van der Waals surface area contributed by atoms with Crippen molar-refractivity contribution in [2.75, 3.05) is 18.4 Å². The SMILES string of the molecule is CCc1sc2ncnc(NC3CCNCC3)c2c1-c1ccc(C)c(C)c1. The Hall–Kier alpha value is -1.98. The Morgan fingerprint density at radius 2 is 1.96 bits per heavy atom. The molecule has 136 valence electrons. The maximum Gasteiger partial charge on any atom is 0.139 e. The number of benzene rings is 1. The average Bonchev–Trinajstić information content (AvgIpc) is 3.04. The van der Waals surface area contributed by atoms with E-state index in [-0.39, 0.29) is 0 Å². The van der Waals surface area contributed by atoms with Crippen LogP contribution in [-0.2, 0) is 6.42 Å². The summed E-state index contributed by atoms with van der Waals surface area (Å²) < 4.78 is 0. The molecule has 0 atom stereocenters. The standard InChI is InChI=1S/C21H26N4S/c1-4-17-18(15-6-5-13(2)14(3)11-15)19-20(23-12-24-21(19)26-17)25-16-7-9-22-10-8-16/h5-6,11-12,16,22H,4,7-10H2,1-3H3,(H,23,24,25). The molecule has 0 spiro atoms. The number of piperidine rings is 1. The molecule has 2 N–H and O–H groups in total. The highest BCUT2D eigenvalue weighted by atomic mass is 32.1. The van der Waals surface area contributed by atoms with Crippen LogP contribution in [-0.4, -0.2) is 29.1 Å². The van der Waals surface area contributed by atoms with Gasteiger partial charge in [0.15, 0.2) is 0 Å². The van der Waals surface area contributed by atoms with Crippen molar-refractivity contribution in [1.29, 1.82) is 0 Å². The molecule has 5 heteroatoms. The largest absolute Gasteiger partial charge is 0.367 e. The number of thiophene rings is 1. The predicted octanol–water partition coefficient (Wildman–Crippen LogP) is 4.70. The minimum absolute atomic E-state index is 0.479. The molecule has 0 unspecified atom stereocenters. The monoisotopic (exact) mass is 366 g/mol. The molecule has 1 fully saturated rings. The van der Waals surface area contributed by atoms with Crippen LogP contribution in [0.25, 0.3) is 21.3 Å². The summed E-state index contributed by atoms with van der Waals surface area (Å²) in [5, 5.41) is 8.33. The third-order valence-electron chi connectivity index (χ3n) is 5.36. The van der Waals surface area contributed by atoms with E-state index in [0.29, 0.717) is 6.04 Å². The van der Waals surface area contributed by atoms with Gasteiger partial charge in [-0.15, -0.1) is 11.3 Å². The van der Waals surface area contributed by atoms with Crippen molar-refractivity contribution in [3.8, 4) is 11.1 Å².